The van der Waals surface area contributed by atoms with Gasteiger partial charge < -0.3 is 0 Å². The maximum absolute atomic E-state index is 10.2. The van der Waals surface area contributed by atoms with Crippen LogP contribution in [0.15, 0.2) is 6.33 Å². The zero-order valence-corrected chi connectivity index (χ0v) is 5.53. The van der Waals surface area contributed by atoms with E-state index in [2.05, 4.69) is 10.1 Å². The Kier molecular flexibility index (Phi) is 1.66. The zero-order valence-electron chi connectivity index (χ0n) is 5.53. The molecule has 0 saturated carbocycles. The van der Waals surface area contributed by atoms with Crippen molar-refractivity contribution in [2.24, 2.45) is 7.05 Å². The quantitative estimate of drug-likeness (QED) is 0.536. The third kappa shape index (κ3) is 1.31. The average Bonchev–Trinajstić information content (AvgIpc) is 2.15. The van der Waals surface area contributed by atoms with Crippen LogP contribution in [0.1, 0.15) is 5.82 Å². The average molecular weight is 139 g/mol. The number of hydrogen-bond acceptors (Lipinski definition) is 3. The van der Waals surface area contributed by atoms with Gasteiger partial charge in [-0.05, 0) is 0 Å². The molecule has 0 aliphatic rings. The first-order valence-electron chi connectivity index (χ1n) is 2.77. The van der Waals surface area contributed by atoms with Gasteiger partial charge in [0.15, 0.2) is 0 Å². The normalized spacial score (nSPS) is 9.70. The molecule has 5 heteroatoms. The molecule has 0 aliphatic heterocycles. The van der Waals surface area contributed by atoms with Crippen LogP contribution in [0.3, 0.4) is 0 Å². The molecule has 1 aromatic rings. The van der Waals surface area contributed by atoms with E-state index in [0.717, 1.165) is 0 Å². The van der Waals surface area contributed by atoms with Crippen molar-refractivity contribution in [3.8, 4) is 0 Å². The fourth-order valence-electron chi connectivity index (χ4n) is 0.624. The molecule has 0 bridgehead atoms. The molecule has 0 atom stereocenters. The number of hydrogen-bond donors (Lipinski definition) is 0. The number of aryl methyl sites for hydroxylation is 1. The number of aromatic nitrogens is 3. The second kappa shape index (κ2) is 2.47. The third-order valence-electron chi connectivity index (χ3n) is 1.12. The van der Waals surface area contributed by atoms with Gasteiger partial charge in [0.05, 0.1) is 6.42 Å². The minimum atomic E-state index is -0.642. The Bertz CT molecular complexity index is 242. The Hall–Kier alpha value is -1.39. The van der Waals surface area contributed by atoms with Crippen LogP contribution in [0.5, 0.6) is 0 Å². The highest BCUT2D eigenvalue weighted by Gasteiger charge is 2.03. The molecule has 0 fully saturated rings. The summed E-state index contributed by atoms with van der Waals surface area (Å²) in [6.07, 6.45) is 1.40. The Morgan fingerprint density at radius 2 is 2.60 bits per heavy atom. The second-order valence-electron chi connectivity index (χ2n) is 1.90. The maximum Gasteiger partial charge on any atom is 0.246 e. The number of nitrogens with one attached hydrogen (secondary N) is 1. The second-order valence-corrected chi connectivity index (χ2v) is 1.90. The highest BCUT2D eigenvalue weighted by Crippen LogP contribution is 1.90. The summed E-state index contributed by atoms with van der Waals surface area (Å²) >= 11 is 0. The molecule has 0 aromatic carbocycles. The summed E-state index contributed by atoms with van der Waals surface area (Å²) in [5, 5.41) is 3.74. The lowest BCUT2D eigenvalue weighted by Crippen LogP contribution is -2.08. The SMILES string of the molecule is Cn1ncnc1CC([NH])=O. The summed E-state index contributed by atoms with van der Waals surface area (Å²) in [4.78, 5) is 14.0. The van der Waals surface area contributed by atoms with Crippen LogP contribution < -0.4 is 5.73 Å². The van der Waals surface area contributed by atoms with E-state index in [4.69, 9.17) is 5.73 Å². The molecule has 0 unspecified atom stereocenters. The van der Waals surface area contributed by atoms with E-state index in [9.17, 15) is 4.79 Å². The van der Waals surface area contributed by atoms with Crippen molar-refractivity contribution in [1.29, 1.82) is 0 Å². The smallest absolute Gasteiger partial charge is 0.246 e. The van der Waals surface area contributed by atoms with Gasteiger partial charge in [-0.25, -0.2) is 4.98 Å². The first-order valence-corrected chi connectivity index (χ1v) is 2.77. The molecule has 1 heterocycles. The molecule has 1 radical (unpaired) electrons. The van der Waals surface area contributed by atoms with E-state index < -0.39 is 5.91 Å². The molecule has 1 amide bonds. The van der Waals surface area contributed by atoms with Crippen LogP contribution >= 0.6 is 0 Å². The molecule has 0 aliphatic carbocycles. The standard InChI is InChI=1S/C5H7N4O/c1-9-5(2-4(6)10)7-3-8-9/h3,6H,2H2,1H3. The first-order chi connectivity index (χ1) is 4.70. The summed E-state index contributed by atoms with van der Waals surface area (Å²) in [6, 6.07) is 0. The van der Waals surface area contributed by atoms with Gasteiger partial charge >= 0.3 is 0 Å². The van der Waals surface area contributed by atoms with Crippen LogP contribution in [0.25, 0.3) is 0 Å². The van der Waals surface area contributed by atoms with Crippen LogP contribution in [0.2, 0.25) is 0 Å². The summed E-state index contributed by atoms with van der Waals surface area (Å²) in [5.74, 6) is -0.115. The molecule has 10 heavy (non-hydrogen) atoms. The monoisotopic (exact) mass is 139 g/mol. The summed E-state index contributed by atoms with van der Waals surface area (Å²) in [5.41, 5.74) is 6.63. The predicted molar refractivity (Wildman–Crippen MR) is 32.8 cm³/mol. The van der Waals surface area contributed by atoms with Crippen molar-refractivity contribution in [3.05, 3.63) is 12.2 Å². The number of carbonyl (C=O) groups excluding carboxylic acids is 1. The highest BCUT2D eigenvalue weighted by molar-refractivity contribution is 5.74. The maximum atomic E-state index is 10.2. The Morgan fingerprint density at radius 3 is 3.00 bits per heavy atom. The van der Waals surface area contributed by atoms with E-state index in [-0.39, 0.29) is 6.42 Å². The van der Waals surface area contributed by atoms with Gasteiger partial charge in [0.2, 0.25) is 5.91 Å². The molecular weight excluding hydrogens is 132 g/mol. The molecular formula is C5H7N4O. The van der Waals surface area contributed by atoms with Gasteiger partial charge in [-0.3, -0.25) is 15.2 Å². The van der Waals surface area contributed by atoms with E-state index in [1.807, 2.05) is 0 Å². The van der Waals surface area contributed by atoms with E-state index in [1.54, 1.807) is 7.05 Å². The summed E-state index contributed by atoms with van der Waals surface area (Å²) in [7, 11) is 1.69. The minimum absolute atomic E-state index is 0.0382. The summed E-state index contributed by atoms with van der Waals surface area (Å²) < 4.78 is 1.48. The number of nitrogens with zero attached hydrogens (tertiary/aromatic N) is 3. The zero-order chi connectivity index (χ0) is 7.56. The molecule has 1 aromatic heterocycles. The molecule has 1 rings (SSSR count). The van der Waals surface area contributed by atoms with E-state index in [1.165, 1.54) is 11.0 Å². The van der Waals surface area contributed by atoms with Gasteiger partial charge in [-0.1, -0.05) is 0 Å². The number of amides is 1. The predicted octanol–water partition coefficient (Wildman–Crippen LogP) is -0.833. The molecule has 53 valence electrons. The van der Waals surface area contributed by atoms with Gasteiger partial charge in [0, 0.05) is 7.05 Å². The Balaban J connectivity index is 2.74. The van der Waals surface area contributed by atoms with Crippen molar-refractivity contribution in [1.82, 2.24) is 20.5 Å². The van der Waals surface area contributed by atoms with Gasteiger partial charge in [0.1, 0.15) is 12.2 Å². The lowest BCUT2D eigenvalue weighted by Gasteiger charge is -1.92. The lowest BCUT2D eigenvalue weighted by molar-refractivity contribution is -0.118. The van der Waals surface area contributed by atoms with Gasteiger partial charge in [-0.15, -0.1) is 0 Å². The minimum Gasteiger partial charge on any atom is -0.273 e. The van der Waals surface area contributed by atoms with Crippen LogP contribution in [0, 0.1) is 0 Å². The fourth-order valence-corrected chi connectivity index (χ4v) is 0.624. The van der Waals surface area contributed by atoms with Crippen LogP contribution in [-0.4, -0.2) is 20.7 Å². The number of carbonyl (C=O) groups is 1. The van der Waals surface area contributed by atoms with Gasteiger partial charge in [-0.2, -0.15) is 5.10 Å². The largest absolute Gasteiger partial charge is 0.273 e. The van der Waals surface area contributed by atoms with Crippen LogP contribution in [0.4, 0.5) is 0 Å². The van der Waals surface area contributed by atoms with E-state index >= 15 is 0 Å². The van der Waals surface area contributed by atoms with Crippen LogP contribution in [-0.2, 0) is 18.3 Å². The van der Waals surface area contributed by atoms with Crippen molar-refractivity contribution in [2.45, 2.75) is 6.42 Å². The van der Waals surface area contributed by atoms with E-state index in [0.29, 0.717) is 5.82 Å². The Morgan fingerprint density at radius 1 is 1.90 bits per heavy atom. The van der Waals surface area contributed by atoms with Crippen molar-refractivity contribution in [2.75, 3.05) is 0 Å². The molecule has 0 spiro atoms. The lowest BCUT2D eigenvalue weighted by atomic mass is 10.4. The third-order valence-corrected chi connectivity index (χ3v) is 1.12. The number of rotatable bonds is 2. The fraction of sp³-hybridized carbons (Fsp3) is 0.400. The van der Waals surface area contributed by atoms with Crippen molar-refractivity contribution >= 4 is 5.91 Å². The summed E-state index contributed by atoms with van der Waals surface area (Å²) in [6.45, 7) is 0. The molecule has 5 nitrogen and oxygen atoms in total. The van der Waals surface area contributed by atoms with Gasteiger partial charge in [0.25, 0.3) is 0 Å². The first kappa shape index (κ1) is 6.73. The topological polar surface area (TPSA) is 71.6 Å². The van der Waals surface area contributed by atoms with Crippen molar-refractivity contribution < 1.29 is 4.79 Å². The van der Waals surface area contributed by atoms with Crippen molar-refractivity contribution in [3.63, 3.8) is 0 Å². The molecule has 0 saturated heterocycles. The molecule has 1 N–H and O–H groups in total. The Labute approximate surface area is 57.9 Å². The highest BCUT2D eigenvalue weighted by atomic mass is 16.1.